The predicted molar refractivity (Wildman–Crippen MR) is 160 cm³/mol. The van der Waals surface area contributed by atoms with Crippen LogP contribution in [0.3, 0.4) is 0 Å². The normalized spacial score (nSPS) is 15.7. The van der Waals surface area contributed by atoms with Crippen LogP contribution in [-0.4, -0.2) is 38.6 Å². The molecule has 7 nitrogen and oxygen atoms in total. The number of benzene rings is 3. The molecule has 0 radical (unpaired) electrons. The molecule has 2 aromatic heterocycles. The zero-order valence-corrected chi connectivity index (χ0v) is 23.0. The molecule has 0 amide bonds. The Hall–Kier alpha value is -4.36. The van der Waals surface area contributed by atoms with E-state index < -0.39 is 5.97 Å². The van der Waals surface area contributed by atoms with Gasteiger partial charge in [0.2, 0.25) is 0 Å². The van der Waals surface area contributed by atoms with E-state index in [-0.39, 0.29) is 0 Å². The highest BCUT2D eigenvalue weighted by Crippen LogP contribution is 2.40. The first kappa shape index (κ1) is 25.6. The molecule has 1 N–H and O–H groups in total. The first-order chi connectivity index (χ1) is 20.2. The number of aryl methyl sites for hydroxylation is 2. The molecule has 2 aliphatic rings. The summed E-state index contributed by atoms with van der Waals surface area (Å²) in [5.74, 6) is -0.0551. The number of allylic oxidation sites excluding steroid dienone is 1. The standard InChI is InChI=1S/C34H33N3O4/c38-34(39)33-26(15-9-21-41-30-17-7-11-23-10-1-2-12-24(23)30)25-13-8-14-27-31-28(35-37-19-4-3-16-29(31)37)22-40-20-6-5-18-36(33)32(25)27/h1-2,5-8,10-14,17H,3-4,9,15-16,18-22H2,(H,38,39)/b6-5-. The minimum atomic E-state index is -0.908. The van der Waals surface area contributed by atoms with Gasteiger partial charge in [-0.05, 0) is 49.1 Å². The molecule has 7 rings (SSSR count). The molecule has 41 heavy (non-hydrogen) atoms. The van der Waals surface area contributed by atoms with Crippen molar-refractivity contribution in [1.29, 1.82) is 0 Å². The van der Waals surface area contributed by atoms with Crippen molar-refractivity contribution in [2.45, 2.75) is 51.8 Å². The Morgan fingerprint density at radius 3 is 2.78 bits per heavy atom. The number of aromatic nitrogens is 3. The largest absolute Gasteiger partial charge is 0.493 e. The molecule has 4 heterocycles. The lowest BCUT2D eigenvalue weighted by Gasteiger charge is -2.16. The first-order valence-electron chi connectivity index (χ1n) is 14.5. The monoisotopic (exact) mass is 547 g/mol. The van der Waals surface area contributed by atoms with Gasteiger partial charge in [0.05, 0.1) is 31.0 Å². The van der Waals surface area contributed by atoms with Gasteiger partial charge in [-0.15, -0.1) is 0 Å². The van der Waals surface area contributed by atoms with Crippen molar-refractivity contribution in [1.82, 2.24) is 14.3 Å². The predicted octanol–water partition coefficient (Wildman–Crippen LogP) is 6.79. The fourth-order valence-corrected chi connectivity index (χ4v) is 6.54. The van der Waals surface area contributed by atoms with Crippen LogP contribution >= 0.6 is 0 Å². The van der Waals surface area contributed by atoms with Gasteiger partial charge in [-0.2, -0.15) is 5.10 Å². The highest BCUT2D eigenvalue weighted by Gasteiger charge is 2.28. The van der Waals surface area contributed by atoms with Crippen molar-refractivity contribution in [2.24, 2.45) is 0 Å². The Labute approximate surface area is 238 Å². The van der Waals surface area contributed by atoms with E-state index >= 15 is 0 Å². The Kier molecular flexibility index (Phi) is 6.80. The first-order valence-corrected chi connectivity index (χ1v) is 14.5. The summed E-state index contributed by atoms with van der Waals surface area (Å²) < 4.78 is 16.3. The van der Waals surface area contributed by atoms with Crippen LogP contribution in [-0.2, 0) is 37.3 Å². The Balaban J connectivity index is 1.29. The third-order valence-electron chi connectivity index (χ3n) is 8.31. The summed E-state index contributed by atoms with van der Waals surface area (Å²) in [7, 11) is 0. The number of rotatable bonds is 6. The third kappa shape index (κ3) is 4.60. The summed E-state index contributed by atoms with van der Waals surface area (Å²) in [5, 5.41) is 18.7. The van der Waals surface area contributed by atoms with Crippen molar-refractivity contribution >= 4 is 27.6 Å². The van der Waals surface area contributed by atoms with Gasteiger partial charge in [0, 0.05) is 40.7 Å². The van der Waals surface area contributed by atoms with Gasteiger partial charge in [-0.3, -0.25) is 4.68 Å². The number of hydrogen-bond donors (Lipinski definition) is 1. The molecule has 0 spiro atoms. The lowest BCUT2D eigenvalue weighted by molar-refractivity contribution is 0.0685. The lowest BCUT2D eigenvalue weighted by Crippen LogP contribution is -2.12. The van der Waals surface area contributed by atoms with Gasteiger partial charge in [0.15, 0.2) is 0 Å². The van der Waals surface area contributed by atoms with Crippen molar-refractivity contribution in [2.75, 3.05) is 13.2 Å². The second-order valence-electron chi connectivity index (χ2n) is 10.8. The maximum absolute atomic E-state index is 12.8. The van der Waals surface area contributed by atoms with Crippen LogP contribution in [0.15, 0.2) is 72.8 Å². The molecule has 2 aliphatic heterocycles. The number of ether oxygens (including phenoxy) is 2. The van der Waals surface area contributed by atoms with Crippen molar-refractivity contribution in [3.63, 3.8) is 0 Å². The van der Waals surface area contributed by atoms with E-state index in [1.807, 2.05) is 41.0 Å². The average Bonchev–Trinajstić information content (AvgIpc) is 3.51. The van der Waals surface area contributed by atoms with E-state index in [0.29, 0.717) is 44.9 Å². The summed E-state index contributed by atoms with van der Waals surface area (Å²) >= 11 is 0. The highest BCUT2D eigenvalue weighted by molar-refractivity contribution is 6.04. The van der Waals surface area contributed by atoms with Crippen LogP contribution in [0, 0.1) is 0 Å². The molecular weight excluding hydrogens is 514 g/mol. The summed E-state index contributed by atoms with van der Waals surface area (Å²) in [6.45, 7) is 2.76. The number of hydrogen-bond acceptors (Lipinski definition) is 4. The van der Waals surface area contributed by atoms with Gasteiger partial charge >= 0.3 is 5.97 Å². The second kappa shape index (κ2) is 10.9. The van der Waals surface area contributed by atoms with Crippen molar-refractivity contribution < 1.29 is 19.4 Å². The molecule has 0 aliphatic carbocycles. The minimum Gasteiger partial charge on any atom is -0.493 e. The fraction of sp³-hybridized carbons (Fsp3) is 0.294. The van der Waals surface area contributed by atoms with E-state index in [1.165, 1.54) is 5.69 Å². The van der Waals surface area contributed by atoms with E-state index in [9.17, 15) is 9.90 Å². The smallest absolute Gasteiger partial charge is 0.352 e. The quantitative estimate of drug-likeness (QED) is 0.187. The Bertz CT molecular complexity index is 1790. The average molecular weight is 548 g/mol. The van der Waals surface area contributed by atoms with Crippen molar-refractivity contribution in [3.8, 4) is 16.9 Å². The number of fused-ring (bicyclic) bond motifs is 5. The maximum Gasteiger partial charge on any atom is 0.352 e. The molecule has 0 atom stereocenters. The van der Waals surface area contributed by atoms with Crippen molar-refractivity contribution in [3.05, 3.63) is 95.5 Å². The molecule has 0 unspecified atom stereocenters. The van der Waals surface area contributed by atoms with Gasteiger partial charge in [0.25, 0.3) is 0 Å². The minimum absolute atomic E-state index is 0.352. The maximum atomic E-state index is 12.8. The van der Waals surface area contributed by atoms with Crippen LogP contribution in [0.1, 0.15) is 46.7 Å². The fourth-order valence-electron chi connectivity index (χ4n) is 6.54. The Morgan fingerprint density at radius 2 is 1.85 bits per heavy atom. The number of carboxylic acid groups (broad SMARTS) is 1. The summed E-state index contributed by atoms with van der Waals surface area (Å²) in [5.41, 5.74) is 6.48. The lowest BCUT2D eigenvalue weighted by atomic mass is 9.95. The molecule has 0 saturated heterocycles. The Morgan fingerprint density at radius 1 is 1.00 bits per heavy atom. The van der Waals surface area contributed by atoms with E-state index in [1.54, 1.807) is 0 Å². The summed E-state index contributed by atoms with van der Waals surface area (Å²) in [6.07, 6.45) is 8.48. The zero-order chi connectivity index (χ0) is 27.8. The molecule has 3 aromatic carbocycles. The second-order valence-corrected chi connectivity index (χ2v) is 10.8. The number of aromatic carboxylic acids is 1. The molecule has 5 aromatic rings. The van der Waals surface area contributed by atoms with E-state index in [0.717, 1.165) is 75.6 Å². The molecule has 0 fully saturated rings. The topological polar surface area (TPSA) is 78.5 Å². The molecule has 0 bridgehead atoms. The molecular formula is C34H33N3O4. The summed E-state index contributed by atoms with van der Waals surface area (Å²) in [4.78, 5) is 12.8. The zero-order valence-electron chi connectivity index (χ0n) is 23.0. The SMILES string of the molecule is O=C(O)c1c(CCCOc2cccc3ccccc23)c2cccc3c2n1C/C=C\COCc1nn2c(c1-3)CCCC2. The molecule has 0 saturated carbocycles. The van der Waals surface area contributed by atoms with Gasteiger partial charge < -0.3 is 19.1 Å². The van der Waals surface area contributed by atoms with Crippen LogP contribution < -0.4 is 4.74 Å². The van der Waals surface area contributed by atoms with Gasteiger partial charge in [-0.25, -0.2) is 4.79 Å². The number of carbonyl (C=O) groups is 1. The van der Waals surface area contributed by atoms with Gasteiger partial charge in [0.1, 0.15) is 11.4 Å². The molecule has 7 heteroatoms. The summed E-state index contributed by atoms with van der Waals surface area (Å²) in [6, 6.07) is 20.5. The number of carboxylic acids is 1. The van der Waals surface area contributed by atoms with Gasteiger partial charge in [-0.1, -0.05) is 66.7 Å². The van der Waals surface area contributed by atoms with Crippen LogP contribution in [0.5, 0.6) is 5.75 Å². The van der Waals surface area contributed by atoms with Crippen LogP contribution in [0.2, 0.25) is 0 Å². The number of para-hydroxylation sites is 1. The van der Waals surface area contributed by atoms with Crippen LogP contribution in [0.4, 0.5) is 0 Å². The van der Waals surface area contributed by atoms with Crippen LogP contribution in [0.25, 0.3) is 32.8 Å². The third-order valence-corrected chi connectivity index (χ3v) is 8.31. The number of nitrogens with zero attached hydrogens (tertiary/aromatic N) is 3. The molecule has 208 valence electrons. The van der Waals surface area contributed by atoms with E-state index in [2.05, 4.69) is 41.1 Å². The van der Waals surface area contributed by atoms with E-state index in [4.69, 9.17) is 14.6 Å². The highest BCUT2D eigenvalue weighted by atomic mass is 16.5.